The molecule has 1 atom stereocenters. The summed E-state index contributed by atoms with van der Waals surface area (Å²) in [4.78, 5) is 30.5. The standard InChI is InChI=1S/C19H24N4O2/c1-21-10-7-15(13-18(21)24)19(25)23-9-4-8-22(11-12-23)17-6-3-2-5-16(17)14-20/h2-3,5-6,15H,4,7-13H2,1H3/t15-/m1/s1. The topological polar surface area (TPSA) is 67.7 Å². The first-order valence-corrected chi connectivity index (χ1v) is 8.87. The van der Waals surface area contributed by atoms with Crippen molar-refractivity contribution in [1.82, 2.24) is 9.80 Å². The zero-order valence-corrected chi connectivity index (χ0v) is 14.6. The van der Waals surface area contributed by atoms with Gasteiger partial charge in [-0.25, -0.2) is 0 Å². The number of benzene rings is 1. The first-order valence-electron chi connectivity index (χ1n) is 8.87. The highest BCUT2D eigenvalue weighted by molar-refractivity contribution is 5.87. The Morgan fingerprint density at radius 3 is 2.72 bits per heavy atom. The van der Waals surface area contributed by atoms with Crippen LogP contribution >= 0.6 is 0 Å². The average Bonchev–Trinajstić information content (AvgIpc) is 2.89. The maximum Gasteiger partial charge on any atom is 0.226 e. The molecule has 2 aliphatic rings. The van der Waals surface area contributed by atoms with Crippen LogP contribution in [0.4, 0.5) is 5.69 Å². The summed E-state index contributed by atoms with van der Waals surface area (Å²) in [6.45, 7) is 3.55. The molecule has 0 unspecified atom stereocenters. The smallest absolute Gasteiger partial charge is 0.226 e. The minimum Gasteiger partial charge on any atom is -0.369 e. The van der Waals surface area contributed by atoms with Crippen LogP contribution in [-0.4, -0.2) is 61.4 Å². The quantitative estimate of drug-likeness (QED) is 0.817. The summed E-state index contributed by atoms with van der Waals surface area (Å²) >= 11 is 0. The van der Waals surface area contributed by atoms with Gasteiger partial charge in [0.25, 0.3) is 0 Å². The van der Waals surface area contributed by atoms with Gasteiger partial charge < -0.3 is 14.7 Å². The Bertz CT molecular complexity index is 697. The Morgan fingerprint density at radius 2 is 1.96 bits per heavy atom. The summed E-state index contributed by atoms with van der Waals surface area (Å²) in [6.07, 6.45) is 1.94. The minimum absolute atomic E-state index is 0.0593. The van der Waals surface area contributed by atoms with Crippen molar-refractivity contribution in [2.75, 3.05) is 44.7 Å². The molecular weight excluding hydrogens is 316 g/mol. The molecule has 2 fully saturated rings. The fourth-order valence-corrected chi connectivity index (χ4v) is 3.63. The maximum atomic E-state index is 12.8. The van der Waals surface area contributed by atoms with Crippen LogP contribution in [0.15, 0.2) is 24.3 Å². The predicted octanol–water partition coefficient (Wildman–Crippen LogP) is 1.47. The number of amides is 2. The number of hydrogen-bond donors (Lipinski definition) is 0. The Morgan fingerprint density at radius 1 is 1.16 bits per heavy atom. The Hall–Kier alpha value is -2.55. The number of likely N-dealkylation sites (tertiary alicyclic amines) is 1. The van der Waals surface area contributed by atoms with Crippen molar-refractivity contribution >= 4 is 17.5 Å². The van der Waals surface area contributed by atoms with Crippen LogP contribution in [0.2, 0.25) is 0 Å². The predicted molar refractivity (Wildman–Crippen MR) is 94.9 cm³/mol. The van der Waals surface area contributed by atoms with Crippen LogP contribution < -0.4 is 4.90 Å². The van der Waals surface area contributed by atoms with Crippen molar-refractivity contribution in [2.24, 2.45) is 5.92 Å². The zero-order chi connectivity index (χ0) is 17.8. The molecule has 0 aliphatic carbocycles. The number of anilines is 1. The number of carbonyl (C=O) groups is 2. The van der Waals surface area contributed by atoms with Gasteiger partial charge >= 0.3 is 0 Å². The molecule has 0 spiro atoms. The third-order valence-corrected chi connectivity index (χ3v) is 5.18. The molecule has 0 radical (unpaired) electrons. The molecule has 2 amide bonds. The average molecular weight is 340 g/mol. The van der Waals surface area contributed by atoms with Gasteiger partial charge in [0.1, 0.15) is 6.07 Å². The molecule has 0 bridgehead atoms. The molecule has 2 aliphatic heterocycles. The lowest BCUT2D eigenvalue weighted by Gasteiger charge is -2.32. The van der Waals surface area contributed by atoms with E-state index in [1.54, 1.807) is 11.9 Å². The van der Waals surface area contributed by atoms with E-state index in [1.165, 1.54) is 0 Å². The molecule has 132 valence electrons. The van der Waals surface area contributed by atoms with Gasteiger partial charge in [0.05, 0.1) is 11.3 Å². The number of para-hydroxylation sites is 1. The Balaban J connectivity index is 1.65. The van der Waals surface area contributed by atoms with Crippen molar-refractivity contribution in [3.05, 3.63) is 29.8 Å². The van der Waals surface area contributed by atoms with Gasteiger partial charge in [-0.15, -0.1) is 0 Å². The van der Waals surface area contributed by atoms with E-state index in [1.807, 2.05) is 29.2 Å². The van der Waals surface area contributed by atoms with Gasteiger partial charge in [-0.05, 0) is 25.0 Å². The van der Waals surface area contributed by atoms with Crippen molar-refractivity contribution in [3.8, 4) is 6.07 Å². The number of nitriles is 1. The summed E-state index contributed by atoms with van der Waals surface area (Å²) in [5, 5.41) is 9.30. The van der Waals surface area contributed by atoms with Gasteiger partial charge in [-0.3, -0.25) is 9.59 Å². The fraction of sp³-hybridized carbons (Fsp3) is 0.526. The molecule has 6 nitrogen and oxygen atoms in total. The second-order valence-corrected chi connectivity index (χ2v) is 6.80. The van der Waals surface area contributed by atoms with E-state index in [9.17, 15) is 14.9 Å². The lowest BCUT2D eigenvalue weighted by molar-refractivity contribution is -0.144. The van der Waals surface area contributed by atoms with Crippen molar-refractivity contribution in [3.63, 3.8) is 0 Å². The highest BCUT2D eigenvalue weighted by Crippen LogP contribution is 2.23. The summed E-state index contributed by atoms with van der Waals surface area (Å²) in [5.41, 5.74) is 1.61. The number of rotatable bonds is 2. The SMILES string of the molecule is CN1CC[C@@H](C(=O)N2CCCN(c3ccccc3C#N)CC2)CC1=O. The number of carbonyl (C=O) groups excluding carboxylic acids is 2. The number of piperidine rings is 1. The van der Waals surface area contributed by atoms with E-state index >= 15 is 0 Å². The third kappa shape index (κ3) is 3.76. The summed E-state index contributed by atoms with van der Waals surface area (Å²) < 4.78 is 0. The van der Waals surface area contributed by atoms with Gasteiger partial charge in [0.15, 0.2) is 0 Å². The summed E-state index contributed by atoms with van der Waals surface area (Å²) in [6, 6.07) is 9.84. The van der Waals surface area contributed by atoms with E-state index in [4.69, 9.17) is 0 Å². The van der Waals surface area contributed by atoms with E-state index in [-0.39, 0.29) is 17.7 Å². The molecule has 6 heteroatoms. The van der Waals surface area contributed by atoms with E-state index in [2.05, 4.69) is 11.0 Å². The van der Waals surface area contributed by atoms with E-state index < -0.39 is 0 Å². The molecule has 0 saturated carbocycles. The van der Waals surface area contributed by atoms with Crippen LogP contribution in [0.25, 0.3) is 0 Å². The van der Waals surface area contributed by atoms with E-state index in [0.29, 0.717) is 38.2 Å². The molecule has 0 N–H and O–H groups in total. The molecule has 25 heavy (non-hydrogen) atoms. The van der Waals surface area contributed by atoms with Crippen LogP contribution in [0.1, 0.15) is 24.8 Å². The monoisotopic (exact) mass is 340 g/mol. The second-order valence-electron chi connectivity index (χ2n) is 6.80. The maximum absolute atomic E-state index is 12.8. The second kappa shape index (κ2) is 7.56. The number of hydrogen-bond acceptors (Lipinski definition) is 4. The normalized spacial score (nSPS) is 21.7. The Kier molecular flexibility index (Phi) is 5.22. The van der Waals surface area contributed by atoms with Gasteiger partial charge in [0, 0.05) is 52.1 Å². The highest BCUT2D eigenvalue weighted by Gasteiger charge is 2.32. The molecule has 2 heterocycles. The van der Waals surface area contributed by atoms with E-state index in [0.717, 1.165) is 25.1 Å². The molecule has 0 aromatic heterocycles. The van der Waals surface area contributed by atoms with Crippen molar-refractivity contribution in [1.29, 1.82) is 5.26 Å². The highest BCUT2D eigenvalue weighted by atomic mass is 16.2. The molecule has 1 aromatic rings. The van der Waals surface area contributed by atoms with Crippen LogP contribution in [0.3, 0.4) is 0 Å². The lowest BCUT2D eigenvalue weighted by Crippen LogP contribution is -2.45. The van der Waals surface area contributed by atoms with Crippen LogP contribution in [0.5, 0.6) is 0 Å². The summed E-state index contributed by atoms with van der Waals surface area (Å²) in [5.74, 6) is -0.0116. The van der Waals surface area contributed by atoms with Crippen molar-refractivity contribution in [2.45, 2.75) is 19.3 Å². The van der Waals surface area contributed by atoms with Crippen LogP contribution in [-0.2, 0) is 9.59 Å². The zero-order valence-electron chi connectivity index (χ0n) is 14.6. The van der Waals surface area contributed by atoms with Crippen molar-refractivity contribution < 1.29 is 9.59 Å². The van der Waals surface area contributed by atoms with Crippen LogP contribution in [0, 0.1) is 17.2 Å². The molecule has 1 aromatic carbocycles. The first-order chi connectivity index (χ1) is 12.1. The largest absolute Gasteiger partial charge is 0.369 e. The van der Waals surface area contributed by atoms with Gasteiger partial charge in [-0.2, -0.15) is 5.26 Å². The fourth-order valence-electron chi connectivity index (χ4n) is 3.63. The molecule has 3 rings (SSSR count). The third-order valence-electron chi connectivity index (χ3n) is 5.18. The minimum atomic E-state index is -0.179. The summed E-state index contributed by atoms with van der Waals surface area (Å²) in [7, 11) is 1.79. The van der Waals surface area contributed by atoms with Gasteiger partial charge in [0.2, 0.25) is 11.8 Å². The number of nitrogens with zero attached hydrogens (tertiary/aromatic N) is 4. The molecular formula is C19H24N4O2. The lowest BCUT2D eigenvalue weighted by atomic mass is 9.95. The molecule has 2 saturated heterocycles. The first kappa shape index (κ1) is 17.3. The Labute approximate surface area is 148 Å². The van der Waals surface area contributed by atoms with Gasteiger partial charge in [-0.1, -0.05) is 12.1 Å².